The molecule has 5 heteroatoms. The molecule has 0 saturated carbocycles. The Labute approximate surface area is 112 Å². The number of nitrogens with zero attached hydrogens (tertiary/aromatic N) is 2. The van der Waals surface area contributed by atoms with E-state index in [2.05, 4.69) is 9.55 Å². The van der Waals surface area contributed by atoms with Gasteiger partial charge in [0, 0.05) is 37.9 Å². The van der Waals surface area contributed by atoms with Gasteiger partial charge < -0.3 is 14.4 Å². The predicted molar refractivity (Wildman–Crippen MR) is 69.0 cm³/mol. The van der Waals surface area contributed by atoms with Crippen LogP contribution in [0.5, 0.6) is 0 Å². The highest BCUT2D eigenvalue weighted by Gasteiger charge is 2.27. The summed E-state index contributed by atoms with van der Waals surface area (Å²) in [6.45, 7) is 1.63. The van der Waals surface area contributed by atoms with Crippen molar-refractivity contribution in [1.29, 1.82) is 0 Å². The molecule has 5 nitrogen and oxygen atoms in total. The van der Waals surface area contributed by atoms with Crippen molar-refractivity contribution in [2.75, 3.05) is 6.61 Å². The molecule has 0 radical (unpaired) electrons. The van der Waals surface area contributed by atoms with Gasteiger partial charge in [-0.05, 0) is 25.7 Å². The van der Waals surface area contributed by atoms with Crippen LogP contribution in [0.15, 0.2) is 6.20 Å². The first-order valence-corrected chi connectivity index (χ1v) is 7.11. The Balaban J connectivity index is 1.70. The smallest absolute Gasteiger partial charge is 0.306 e. The summed E-state index contributed by atoms with van der Waals surface area (Å²) in [5.74, 6) is 0.123. The zero-order valence-electron chi connectivity index (χ0n) is 11.0. The number of aliphatic carboxylic acids is 1. The van der Waals surface area contributed by atoms with Gasteiger partial charge in [-0.25, -0.2) is 4.98 Å². The summed E-state index contributed by atoms with van der Waals surface area (Å²) in [5.41, 5.74) is 1.06. The highest BCUT2D eigenvalue weighted by Crippen LogP contribution is 2.24. The molecule has 0 spiro atoms. The number of carboxylic acids is 1. The van der Waals surface area contributed by atoms with Crippen LogP contribution in [0.4, 0.5) is 0 Å². The first-order chi connectivity index (χ1) is 9.24. The van der Waals surface area contributed by atoms with Gasteiger partial charge in [-0.15, -0.1) is 0 Å². The Morgan fingerprint density at radius 2 is 2.37 bits per heavy atom. The van der Waals surface area contributed by atoms with E-state index in [1.807, 2.05) is 6.20 Å². The molecule has 2 aliphatic heterocycles. The normalized spacial score (nSPS) is 26.9. The van der Waals surface area contributed by atoms with Crippen molar-refractivity contribution in [2.24, 2.45) is 5.92 Å². The molecule has 1 N–H and O–H groups in total. The highest BCUT2D eigenvalue weighted by molar-refractivity contribution is 5.70. The van der Waals surface area contributed by atoms with Gasteiger partial charge in [0.25, 0.3) is 0 Å². The fraction of sp³-hybridized carbons (Fsp3) is 0.714. The molecule has 0 aliphatic carbocycles. The van der Waals surface area contributed by atoms with Crippen LogP contribution in [0.2, 0.25) is 0 Å². The van der Waals surface area contributed by atoms with Crippen molar-refractivity contribution in [3.63, 3.8) is 0 Å². The molecule has 0 bridgehead atoms. The van der Waals surface area contributed by atoms with Gasteiger partial charge in [0.05, 0.1) is 12.0 Å². The summed E-state index contributed by atoms with van der Waals surface area (Å²) < 4.78 is 7.95. The maximum atomic E-state index is 11.0. The Hall–Kier alpha value is -1.36. The van der Waals surface area contributed by atoms with Gasteiger partial charge in [-0.2, -0.15) is 0 Å². The number of aromatic nitrogens is 2. The molecule has 3 heterocycles. The number of imidazole rings is 1. The summed E-state index contributed by atoms with van der Waals surface area (Å²) in [7, 11) is 0. The zero-order valence-corrected chi connectivity index (χ0v) is 11.0. The van der Waals surface area contributed by atoms with E-state index >= 15 is 0 Å². The first-order valence-electron chi connectivity index (χ1n) is 7.11. The highest BCUT2D eigenvalue weighted by atomic mass is 16.5. The lowest BCUT2D eigenvalue weighted by Crippen LogP contribution is -2.28. The molecule has 1 aromatic heterocycles. The zero-order chi connectivity index (χ0) is 13.2. The summed E-state index contributed by atoms with van der Waals surface area (Å²) in [6.07, 6.45) is 7.81. The van der Waals surface area contributed by atoms with Crippen molar-refractivity contribution < 1.29 is 14.6 Å². The van der Waals surface area contributed by atoms with E-state index in [4.69, 9.17) is 9.84 Å². The Kier molecular flexibility index (Phi) is 3.55. The van der Waals surface area contributed by atoms with Crippen LogP contribution < -0.4 is 0 Å². The molecule has 2 aliphatic rings. The van der Waals surface area contributed by atoms with Crippen molar-refractivity contribution in [1.82, 2.24) is 9.55 Å². The lowest BCUT2D eigenvalue weighted by molar-refractivity contribution is -0.142. The van der Waals surface area contributed by atoms with Gasteiger partial charge in [0.15, 0.2) is 0 Å². The van der Waals surface area contributed by atoms with Crippen molar-refractivity contribution >= 4 is 5.97 Å². The maximum absolute atomic E-state index is 11.0. The van der Waals surface area contributed by atoms with E-state index in [1.54, 1.807) is 0 Å². The molecule has 3 rings (SSSR count). The molecule has 1 aromatic rings. The van der Waals surface area contributed by atoms with Crippen molar-refractivity contribution in [3.05, 3.63) is 17.7 Å². The number of hydrogen-bond donors (Lipinski definition) is 1. The SMILES string of the molecule is O=C(O)C1CCn2c(cnc2CC2CCCCO2)C1. The van der Waals surface area contributed by atoms with E-state index in [0.717, 1.165) is 43.9 Å². The molecule has 1 saturated heterocycles. The van der Waals surface area contributed by atoms with Gasteiger partial charge in [-0.3, -0.25) is 4.79 Å². The van der Waals surface area contributed by atoms with E-state index in [1.165, 1.54) is 6.42 Å². The number of hydrogen-bond acceptors (Lipinski definition) is 3. The average Bonchev–Trinajstić information content (AvgIpc) is 2.82. The van der Waals surface area contributed by atoms with Gasteiger partial charge in [-0.1, -0.05) is 0 Å². The molecule has 1 fully saturated rings. The molecule has 19 heavy (non-hydrogen) atoms. The van der Waals surface area contributed by atoms with E-state index in [0.29, 0.717) is 12.8 Å². The molecule has 2 atom stereocenters. The number of rotatable bonds is 3. The largest absolute Gasteiger partial charge is 0.481 e. The van der Waals surface area contributed by atoms with Gasteiger partial charge in [0.2, 0.25) is 0 Å². The molecular weight excluding hydrogens is 244 g/mol. The van der Waals surface area contributed by atoms with Crippen LogP contribution in [-0.4, -0.2) is 33.3 Å². The number of ether oxygens (including phenoxy) is 1. The summed E-state index contributed by atoms with van der Waals surface area (Å²) in [4.78, 5) is 15.5. The second-order valence-electron chi connectivity index (χ2n) is 5.54. The third-order valence-electron chi connectivity index (χ3n) is 4.21. The predicted octanol–water partition coefficient (Wildman–Crippen LogP) is 1.64. The van der Waals surface area contributed by atoms with Gasteiger partial charge >= 0.3 is 5.97 Å². The molecule has 2 unspecified atom stereocenters. The summed E-state index contributed by atoms with van der Waals surface area (Å²) in [5, 5.41) is 9.08. The quantitative estimate of drug-likeness (QED) is 0.901. The van der Waals surface area contributed by atoms with Crippen molar-refractivity contribution in [2.45, 2.75) is 51.2 Å². The molecule has 104 valence electrons. The van der Waals surface area contributed by atoms with Crippen LogP contribution >= 0.6 is 0 Å². The van der Waals surface area contributed by atoms with Crippen LogP contribution in [0.3, 0.4) is 0 Å². The summed E-state index contributed by atoms with van der Waals surface area (Å²) >= 11 is 0. The Morgan fingerprint density at radius 1 is 1.47 bits per heavy atom. The third-order valence-corrected chi connectivity index (χ3v) is 4.21. The number of fused-ring (bicyclic) bond motifs is 1. The molecule has 0 amide bonds. The van der Waals surface area contributed by atoms with Crippen LogP contribution in [0.1, 0.15) is 37.2 Å². The van der Waals surface area contributed by atoms with Gasteiger partial charge in [0.1, 0.15) is 5.82 Å². The number of carboxylic acid groups (broad SMARTS) is 1. The van der Waals surface area contributed by atoms with Crippen molar-refractivity contribution in [3.8, 4) is 0 Å². The molecular formula is C14H20N2O3. The van der Waals surface area contributed by atoms with Crippen LogP contribution in [0, 0.1) is 5.92 Å². The second-order valence-corrected chi connectivity index (χ2v) is 5.54. The first kappa shape index (κ1) is 12.7. The average molecular weight is 264 g/mol. The lowest BCUT2D eigenvalue weighted by Gasteiger charge is -2.25. The topological polar surface area (TPSA) is 64.3 Å². The molecule has 0 aromatic carbocycles. The standard InChI is InChI=1S/C14H20N2O3/c17-14(18)10-4-5-16-11(7-10)9-15-13(16)8-12-3-1-2-6-19-12/h9-10,12H,1-8H2,(H,17,18). The fourth-order valence-corrected chi connectivity index (χ4v) is 3.07. The minimum Gasteiger partial charge on any atom is -0.481 e. The van der Waals surface area contributed by atoms with E-state index < -0.39 is 5.97 Å². The lowest BCUT2D eigenvalue weighted by atomic mass is 9.96. The third kappa shape index (κ3) is 2.66. The van der Waals surface area contributed by atoms with Crippen LogP contribution in [0.25, 0.3) is 0 Å². The summed E-state index contributed by atoms with van der Waals surface area (Å²) in [6, 6.07) is 0. The van der Waals surface area contributed by atoms with E-state index in [-0.39, 0.29) is 12.0 Å². The number of carbonyl (C=O) groups is 1. The fourth-order valence-electron chi connectivity index (χ4n) is 3.07. The maximum Gasteiger partial charge on any atom is 0.306 e. The van der Waals surface area contributed by atoms with E-state index in [9.17, 15) is 4.79 Å². The monoisotopic (exact) mass is 264 g/mol. The second kappa shape index (κ2) is 5.33. The Morgan fingerprint density at radius 3 is 3.11 bits per heavy atom. The minimum absolute atomic E-state index is 0.247. The Bertz CT molecular complexity index is 463. The minimum atomic E-state index is -0.690. The van der Waals surface area contributed by atoms with Crippen LogP contribution in [-0.2, 0) is 28.9 Å².